The molecule has 0 bridgehead atoms. The molecule has 0 amide bonds. The highest BCUT2D eigenvalue weighted by molar-refractivity contribution is 4.86. The van der Waals surface area contributed by atoms with Crippen LogP contribution in [0.5, 0.6) is 0 Å². The van der Waals surface area contributed by atoms with Crippen LogP contribution in [-0.4, -0.2) is 0 Å². The molecule has 1 aliphatic rings. The second-order valence-corrected chi connectivity index (χ2v) is 3.51. The Bertz CT molecular complexity index is 126. The van der Waals surface area contributed by atoms with Crippen molar-refractivity contribution >= 4 is 0 Å². The highest BCUT2D eigenvalue weighted by atomic mass is 13.9. The maximum Gasteiger partial charge on any atom is -0.0348 e. The molecular formula is C12H20. The molecule has 0 saturated heterocycles. The van der Waals surface area contributed by atoms with Crippen LogP contribution in [0.3, 0.4) is 0 Å². The van der Waals surface area contributed by atoms with Crippen LogP contribution in [0.2, 0.25) is 0 Å². The maximum atomic E-state index is 2.35. The number of rotatable bonds is 0. The highest BCUT2D eigenvalue weighted by Gasteiger charge is 1.88. The summed E-state index contributed by atoms with van der Waals surface area (Å²) in [7, 11) is 0. The van der Waals surface area contributed by atoms with Gasteiger partial charge >= 0.3 is 0 Å². The van der Waals surface area contributed by atoms with Crippen molar-refractivity contribution in [1.29, 1.82) is 0 Å². The number of allylic oxidation sites excluding steroid dienone is 4. The summed E-state index contributed by atoms with van der Waals surface area (Å²) in [5.41, 5.74) is 0. The van der Waals surface area contributed by atoms with E-state index in [-0.39, 0.29) is 0 Å². The molecule has 0 aromatic heterocycles. The van der Waals surface area contributed by atoms with Crippen LogP contribution in [0, 0.1) is 0 Å². The summed E-state index contributed by atoms with van der Waals surface area (Å²) in [5, 5.41) is 0. The molecule has 0 aliphatic heterocycles. The predicted octanol–water partition coefficient (Wildman–Crippen LogP) is 4.23. The first kappa shape index (κ1) is 9.57. The van der Waals surface area contributed by atoms with E-state index in [0.29, 0.717) is 0 Å². The molecule has 0 aromatic rings. The Hall–Kier alpha value is -0.520. The predicted molar refractivity (Wildman–Crippen MR) is 55.2 cm³/mol. The van der Waals surface area contributed by atoms with Gasteiger partial charge in [0.2, 0.25) is 0 Å². The first-order valence-electron chi connectivity index (χ1n) is 5.30. The van der Waals surface area contributed by atoms with Crippen LogP contribution < -0.4 is 0 Å². The number of hydrogen-bond acceptors (Lipinski definition) is 0. The third-order valence-corrected chi connectivity index (χ3v) is 2.32. The van der Waals surface area contributed by atoms with E-state index < -0.39 is 0 Å². The Kier molecular flexibility index (Phi) is 5.70. The molecule has 0 atom stereocenters. The molecule has 0 unspecified atom stereocenters. The fraction of sp³-hybridized carbons (Fsp3) is 0.667. The van der Waals surface area contributed by atoms with E-state index >= 15 is 0 Å². The average Bonchev–Trinajstić information content (AvgIpc) is 2.05. The van der Waals surface area contributed by atoms with E-state index in [1.54, 1.807) is 0 Å². The SMILES string of the molecule is C1=C\CCCCC/C=C\CCC/1. The molecule has 12 heavy (non-hydrogen) atoms. The second kappa shape index (κ2) is 7.15. The van der Waals surface area contributed by atoms with Gasteiger partial charge in [0.25, 0.3) is 0 Å². The van der Waals surface area contributed by atoms with Crippen molar-refractivity contribution in [3.05, 3.63) is 24.3 Å². The average molecular weight is 164 g/mol. The summed E-state index contributed by atoms with van der Waals surface area (Å²) in [5.74, 6) is 0. The summed E-state index contributed by atoms with van der Waals surface area (Å²) < 4.78 is 0. The van der Waals surface area contributed by atoms with E-state index in [9.17, 15) is 0 Å². The van der Waals surface area contributed by atoms with Crippen LogP contribution in [0.25, 0.3) is 0 Å². The van der Waals surface area contributed by atoms with Gasteiger partial charge in [-0.05, 0) is 44.9 Å². The van der Waals surface area contributed by atoms with Crippen molar-refractivity contribution in [2.45, 2.75) is 51.4 Å². The fourth-order valence-electron chi connectivity index (χ4n) is 1.53. The lowest BCUT2D eigenvalue weighted by Gasteiger charge is -1.97. The largest absolute Gasteiger partial charge is 0.0885 e. The van der Waals surface area contributed by atoms with Crippen molar-refractivity contribution in [2.75, 3.05) is 0 Å². The highest BCUT2D eigenvalue weighted by Crippen LogP contribution is 2.08. The lowest BCUT2D eigenvalue weighted by molar-refractivity contribution is 0.691. The molecule has 1 aliphatic carbocycles. The topological polar surface area (TPSA) is 0 Å². The molecule has 0 aromatic carbocycles. The van der Waals surface area contributed by atoms with Crippen molar-refractivity contribution in [3.63, 3.8) is 0 Å². The van der Waals surface area contributed by atoms with Gasteiger partial charge in [-0.3, -0.25) is 0 Å². The minimum absolute atomic E-state index is 1.27. The maximum absolute atomic E-state index is 2.35. The van der Waals surface area contributed by atoms with Crippen LogP contribution in [0.1, 0.15) is 51.4 Å². The summed E-state index contributed by atoms with van der Waals surface area (Å²) >= 11 is 0. The first-order valence-corrected chi connectivity index (χ1v) is 5.30. The van der Waals surface area contributed by atoms with Gasteiger partial charge in [-0.1, -0.05) is 30.7 Å². The van der Waals surface area contributed by atoms with E-state index in [0.717, 1.165) is 0 Å². The Balaban J connectivity index is 2.19. The third kappa shape index (κ3) is 5.17. The smallest absolute Gasteiger partial charge is 0.0348 e. The van der Waals surface area contributed by atoms with Crippen molar-refractivity contribution in [1.82, 2.24) is 0 Å². The van der Waals surface area contributed by atoms with Gasteiger partial charge in [0.1, 0.15) is 0 Å². The molecule has 0 spiro atoms. The summed E-state index contributed by atoms with van der Waals surface area (Å²) in [4.78, 5) is 0. The minimum atomic E-state index is 1.27. The van der Waals surface area contributed by atoms with Gasteiger partial charge in [-0.15, -0.1) is 0 Å². The van der Waals surface area contributed by atoms with Gasteiger partial charge in [-0.2, -0.15) is 0 Å². The molecule has 0 saturated carbocycles. The van der Waals surface area contributed by atoms with E-state index in [1.807, 2.05) is 0 Å². The zero-order valence-corrected chi connectivity index (χ0v) is 7.97. The fourth-order valence-corrected chi connectivity index (χ4v) is 1.53. The van der Waals surface area contributed by atoms with E-state index in [2.05, 4.69) is 24.3 Å². The van der Waals surface area contributed by atoms with E-state index in [4.69, 9.17) is 0 Å². The normalized spacial score (nSPS) is 26.7. The molecule has 0 heterocycles. The molecule has 68 valence electrons. The van der Waals surface area contributed by atoms with Gasteiger partial charge in [-0.25, -0.2) is 0 Å². The Labute approximate surface area is 76.4 Å². The molecule has 0 radical (unpaired) electrons. The summed E-state index contributed by atoms with van der Waals surface area (Å²) in [6.07, 6.45) is 20.0. The summed E-state index contributed by atoms with van der Waals surface area (Å²) in [6, 6.07) is 0. The molecular weight excluding hydrogens is 144 g/mol. The van der Waals surface area contributed by atoms with Gasteiger partial charge < -0.3 is 0 Å². The summed E-state index contributed by atoms with van der Waals surface area (Å²) in [6.45, 7) is 0. The lowest BCUT2D eigenvalue weighted by atomic mass is 10.1. The van der Waals surface area contributed by atoms with Crippen LogP contribution in [0.15, 0.2) is 24.3 Å². The van der Waals surface area contributed by atoms with Gasteiger partial charge in [0.15, 0.2) is 0 Å². The number of hydrogen-bond donors (Lipinski definition) is 0. The molecule has 0 N–H and O–H groups in total. The van der Waals surface area contributed by atoms with Crippen LogP contribution >= 0.6 is 0 Å². The molecule has 0 heteroatoms. The van der Waals surface area contributed by atoms with Crippen LogP contribution in [0.4, 0.5) is 0 Å². The third-order valence-electron chi connectivity index (χ3n) is 2.32. The first-order chi connectivity index (χ1) is 6.00. The Morgan fingerprint density at radius 1 is 0.417 bits per heavy atom. The van der Waals surface area contributed by atoms with Gasteiger partial charge in [0, 0.05) is 0 Å². The van der Waals surface area contributed by atoms with Crippen molar-refractivity contribution < 1.29 is 0 Å². The standard InChI is InChI=1S/C12H20/c1-2-4-6-8-10-12-11-9-7-5-3-1/h1-2,9,11H,3-8,10,12H2/b2-1-,11-9-. The van der Waals surface area contributed by atoms with Crippen molar-refractivity contribution in [3.8, 4) is 0 Å². The minimum Gasteiger partial charge on any atom is -0.0885 e. The van der Waals surface area contributed by atoms with Crippen LogP contribution in [-0.2, 0) is 0 Å². The monoisotopic (exact) mass is 164 g/mol. The Morgan fingerprint density at radius 2 is 0.833 bits per heavy atom. The molecule has 0 fully saturated rings. The quantitative estimate of drug-likeness (QED) is 0.470. The van der Waals surface area contributed by atoms with E-state index in [1.165, 1.54) is 51.4 Å². The Morgan fingerprint density at radius 3 is 1.33 bits per heavy atom. The van der Waals surface area contributed by atoms with Crippen molar-refractivity contribution in [2.24, 2.45) is 0 Å². The molecule has 0 nitrogen and oxygen atoms in total. The lowest BCUT2D eigenvalue weighted by Crippen LogP contribution is -1.77. The van der Waals surface area contributed by atoms with Gasteiger partial charge in [0.05, 0.1) is 0 Å². The molecule has 1 rings (SSSR count). The zero-order chi connectivity index (χ0) is 8.49. The zero-order valence-electron chi connectivity index (χ0n) is 7.97. The second-order valence-electron chi connectivity index (χ2n) is 3.51.